The second-order valence-corrected chi connectivity index (χ2v) is 10.3. The van der Waals surface area contributed by atoms with Crippen LogP contribution in [0.25, 0.3) is 27.8 Å². The monoisotopic (exact) mass is 496 g/mol. The van der Waals surface area contributed by atoms with Crippen LogP contribution in [0.1, 0.15) is 42.9 Å². The third kappa shape index (κ3) is 4.89. The van der Waals surface area contributed by atoms with Gasteiger partial charge in [-0.05, 0) is 87.2 Å². The van der Waals surface area contributed by atoms with Gasteiger partial charge in [0.25, 0.3) is 5.56 Å². The van der Waals surface area contributed by atoms with Crippen molar-refractivity contribution in [1.82, 2.24) is 19.0 Å². The molecule has 8 nitrogen and oxygen atoms in total. The molecular formula is C29H32N6O2. The standard InChI is InChI=1S/C29H32N6O2/c1-19-15-26-27(31-17-19)34(29(37)35(28(26)36)24-13-11-23(32-30)12-14-24)25-6-4-5-22(16-25)21-9-7-20(8-10-21)18-33(2)3/h4-10,15-17,23-24,30H,11-14,18H2,1-3H3. The first-order valence-electron chi connectivity index (χ1n) is 12.7. The van der Waals surface area contributed by atoms with Crippen LogP contribution < -0.4 is 11.2 Å². The van der Waals surface area contributed by atoms with Crippen LogP contribution in [0.15, 0.2) is 75.5 Å². The van der Waals surface area contributed by atoms with Crippen LogP contribution in [0.5, 0.6) is 0 Å². The molecule has 1 fully saturated rings. The van der Waals surface area contributed by atoms with Crippen LogP contribution in [-0.2, 0) is 6.54 Å². The molecule has 2 heterocycles. The highest BCUT2D eigenvalue weighted by Gasteiger charge is 2.27. The van der Waals surface area contributed by atoms with E-state index < -0.39 is 0 Å². The minimum atomic E-state index is -0.376. The molecule has 1 aliphatic carbocycles. The molecule has 37 heavy (non-hydrogen) atoms. The van der Waals surface area contributed by atoms with E-state index in [0.717, 1.165) is 23.2 Å². The molecule has 0 amide bonds. The van der Waals surface area contributed by atoms with Gasteiger partial charge in [-0.3, -0.25) is 9.36 Å². The molecule has 1 aliphatic rings. The Morgan fingerprint density at radius 3 is 2.41 bits per heavy atom. The maximum atomic E-state index is 14.0. The van der Waals surface area contributed by atoms with Crippen LogP contribution in [0.4, 0.5) is 0 Å². The van der Waals surface area contributed by atoms with Gasteiger partial charge in [0.15, 0.2) is 5.65 Å². The zero-order valence-corrected chi connectivity index (χ0v) is 21.5. The summed E-state index contributed by atoms with van der Waals surface area (Å²) in [4.78, 5) is 34.2. The quantitative estimate of drug-likeness (QED) is 0.376. The van der Waals surface area contributed by atoms with E-state index in [0.29, 0.717) is 42.4 Å². The summed E-state index contributed by atoms with van der Waals surface area (Å²) in [5, 5.41) is 4.11. The predicted octanol–water partition coefficient (Wildman–Crippen LogP) is 5.10. The summed E-state index contributed by atoms with van der Waals surface area (Å²) in [6.45, 7) is 2.76. The zero-order chi connectivity index (χ0) is 26.1. The zero-order valence-electron chi connectivity index (χ0n) is 21.5. The van der Waals surface area contributed by atoms with Crippen LogP contribution in [0.2, 0.25) is 0 Å². The first-order valence-corrected chi connectivity index (χ1v) is 12.7. The lowest BCUT2D eigenvalue weighted by Gasteiger charge is -2.27. The lowest BCUT2D eigenvalue weighted by atomic mass is 9.91. The minimum Gasteiger partial charge on any atom is -0.305 e. The predicted molar refractivity (Wildman–Crippen MR) is 146 cm³/mol. The van der Waals surface area contributed by atoms with Crippen molar-refractivity contribution in [2.45, 2.75) is 51.2 Å². The number of aromatic nitrogens is 3. The molecule has 2 aromatic heterocycles. The summed E-state index contributed by atoms with van der Waals surface area (Å²) in [5.74, 6) is 0. The average molecular weight is 497 g/mol. The minimum absolute atomic E-state index is 0.0284. The van der Waals surface area contributed by atoms with E-state index in [1.807, 2.05) is 51.4 Å². The number of rotatable bonds is 6. The third-order valence-corrected chi connectivity index (χ3v) is 7.17. The molecule has 0 spiro atoms. The Labute approximate surface area is 215 Å². The molecule has 4 aromatic rings. The normalized spacial score (nSPS) is 17.8. The number of hydrogen-bond donors (Lipinski definition) is 1. The van der Waals surface area contributed by atoms with Crippen LogP contribution in [-0.4, -0.2) is 39.2 Å². The number of pyridine rings is 1. The lowest BCUT2D eigenvalue weighted by Crippen LogP contribution is -2.43. The summed E-state index contributed by atoms with van der Waals surface area (Å²) in [5.41, 5.74) is 11.8. The van der Waals surface area contributed by atoms with Gasteiger partial charge in [-0.2, -0.15) is 5.11 Å². The fourth-order valence-electron chi connectivity index (χ4n) is 5.31. The van der Waals surface area contributed by atoms with Gasteiger partial charge in [0, 0.05) is 18.8 Å². The van der Waals surface area contributed by atoms with E-state index >= 15 is 0 Å². The number of benzene rings is 2. The fraction of sp³-hybridized carbons (Fsp3) is 0.345. The molecule has 1 saturated carbocycles. The van der Waals surface area contributed by atoms with E-state index in [2.05, 4.69) is 39.3 Å². The Hall–Kier alpha value is -3.91. The summed E-state index contributed by atoms with van der Waals surface area (Å²) in [6.07, 6.45) is 4.38. The van der Waals surface area contributed by atoms with Crippen molar-refractivity contribution < 1.29 is 0 Å². The molecule has 0 bridgehead atoms. The van der Waals surface area contributed by atoms with Crippen molar-refractivity contribution in [2.75, 3.05) is 14.1 Å². The highest BCUT2D eigenvalue weighted by Crippen LogP contribution is 2.29. The van der Waals surface area contributed by atoms with Gasteiger partial charge in [0.05, 0.1) is 17.1 Å². The highest BCUT2D eigenvalue weighted by atomic mass is 16.2. The van der Waals surface area contributed by atoms with E-state index in [1.54, 1.807) is 10.8 Å². The van der Waals surface area contributed by atoms with E-state index in [1.165, 1.54) is 10.1 Å². The van der Waals surface area contributed by atoms with Gasteiger partial charge >= 0.3 is 5.69 Å². The maximum Gasteiger partial charge on any atom is 0.337 e. The van der Waals surface area contributed by atoms with Crippen molar-refractivity contribution in [2.24, 2.45) is 5.11 Å². The maximum absolute atomic E-state index is 14.0. The third-order valence-electron chi connectivity index (χ3n) is 7.17. The molecule has 0 saturated heterocycles. The van der Waals surface area contributed by atoms with Gasteiger partial charge in [0.2, 0.25) is 0 Å². The molecule has 1 N–H and O–H groups in total. The van der Waals surface area contributed by atoms with Crippen molar-refractivity contribution in [3.63, 3.8) is 0 Å². The topological polar surface area (TPSA) is 96.3 Å². The summed E-state index contributed by atoms with van der Waals surface area (Å²) in [7, 11) is 4.09. The number of nitrogens with one attached hydrogen (secondary N) is 1. The molecule has 0 atom stereocenters. The number of nitrogens with zero attached hydrogens (tertiary/aromatic N) is 5. The smallest absolute Gasteiger partial charge is 0.305 e. The summed E-state index contributed by atoms with van der Waals surface area (Å²) < 4.78 is 2.98. The van der Waals surface area contributed by atoms with Gasteiger partial charge in [-0.1, -0.05) is 36.4 Å². The Balaban J connectivity index is 1.64. The van der Waals surface area contributed by atoms with Crippen LogP contribution >= 0.6 is 0 Å². The lowest BCUT2D eigenvalue weighted by molar-refractivity contribution is 0.304. The van der Waals surface area contributed by atoms with Crippen LogP contribution in [0.3, 0.4) is 0 Å². The van der Waals surface area contributed by atoms with Gasteiger partial charge in [-0.25, -0.2) is 19.9 Å². The second kappa shape index (κ2) is 10.2. The van der Waals surface area contributed by atoms with E-state index in [9.17, 15) is 9.59 Å². The molecule has 0 unspecified atom stereocenters. The van der Waals surface area contributed by atoms with Crippen molar-refractivity contribution >= 4 is 11.0 Å². The number of fused-ring (bicyclic) bond motifs is 1. The van der Waals surface area contributed by atoms with Crippen molar-refractivity contribution in [3.8, 4) is 16.8 Å². The van der Waals surface area contributed by atoms with Gasteiger partial charge < -0.3 is 4.90 Å². The first-order chi connectivity index (χ1) is 17.9. The first kappa shape index (κ1) is 24.8. The fourth-order valence-corrected chi connectivity index (χ4v) is 5.31. The Morgan fingerprint density at radius 1 is 1.00 bits per heavy atom. The number of aryl methyl sites for hydroxylation is 1. The molecule has 190 valence electrons. The molecular weight excluding hydrogens is 464 g/mol. The Bertz CT molecular complexity index is 1560. The molecule has 0 aliphatic heterocycles. The van der Waals surface area contributed by atoms with Crippen molar-refractivity contribution in [1.29, 1.82) is 5.53 Å². The van der Waals surface area contributed by atoms with E-state index in [4.69, 9.17) is 5.53 Å². The van der Waals surface area contributed by atoms with Crippen molar-refractivity contribution in [3.05, 3.63) is 92.8 Å². The summed E-state index contributed by atoms with van der Waals surface area (Å²) >= 11 is 0. The highest BCUT2D eigenvalue weighted by molar-refractivity contribution is 5.77. The number of hydrogen-bond acceptors (Lipinski definition) is 6. The average Bonchev–Trinajstić information content (AvgIpc) is 2.90. The Morgan fingerprint density at radius 2 is 1.73 bits per heavy atom. The van der Waals surface area contributed by atoms with E-state index in [-0.39, 0.29) is 23.3 Å². The summed E-state index contributed by atoms with van der Waals surface area (Å²) in [6, 6.07) is 17.8. The van der Waals surface area contributed by atoms with Gasteiger partial charge in [-0.15, -0.1) is 0 Å². The second-order valence-electron chi connectivity index (χ2n) is 10.3. The molecule has 5 rings (SSSR count). The van der Waals surface area contributed by atoms with Gasteiger partial charge in [0.1, 0.15) is 0 Å². The largest absolute Gasteiger partial charge is 0.337 e. The molecule has 8 heteroatoms. The molecule has 2 aromatic carbocycles. The SMILES string of the molecule is Cc1cnc2c(c1)c(=O)n(C1CCC(N=N)CC1)c(=O)n2-c1cccc(-c2ccc(CN(C)C)cc2)c1. The van der Waals surface area contributed by atoms with Crippen LogP contribution in [0, 0.1) is 12.5 Å². The Kier molecular flexibility index (Phi) is 6.84. The molecule has 0 radical (unpaired) electrons.